The van der Waals surface area contributed by atoms with Gasteiger partial charge in [-0.05, 0) is 26.0 Å². The molecule has 102 valence electrons. The van der Waals surface area contributed by atoms with Crippen molar-refractivity contribution in [2.24, 2.45) is 0 Å². The minimum Gasteiger partial charge on any atom is -0.496 e. The third-order valence-corrected chi connectivity index (χ3v) is 3.57. The van der Waals surface area contributed by atoms with E-state index in [2.05, 4.69) is 22.7 Å². The van der Waals surface area contributed by atoms with E-state index in [0.717, 1.165) is 38.9 Å². The van der Waals surface area contributed by atoms with Crippen molar-refractivity contribution in [1.82, 2.24) is 14.6 Å². The molecule has 0 aliphatic heterocycles. The molecule has 5 heteroatoms. The summed E-state index contributed by atoms with van der Waals surface area (Å²) in [5, 5.41) is 5.30. The topological polar surface area (TPSA) is 39.4 Å². The summed E-state index contributed by atoms with van der Waals surface area (Å²) < 4.78 is 7.21. The van der Waals surface area contributed by atoms with Gasteiger partial charge >= 0.3 is 0 Å². The number of para-hydroxylation sites is 1. The van der Waals surface area contributed by atoms with Crippen molar-refractivity contribution in [2.75, 3.05) is 7.11 Å². The molecule has 0 aliphatic rings. The van der Waals surface area contributed by atoms with E-state index in [4.69, 9.17) is 4.74 Å². The third kappa shape index (κ3) is 1.94. The van der Waals surface area contributed by atoms with E-state index in [-0.39, 0.29) is 0 Å². The van der Waals surface area contributed by atoms with E-state index in [1.165, 1.54) is 0 Å². The molecule has 4 nitrogen and oxygen atoms in total. The predicted octanol–water partition coefficient (Wildman–Crippen LogP) is 3.31. The fourth-order valence-electron chi connectivity index (χ4n) is 2.39. The Hall–Kier alpha value is -2.01. The second kappa shape index (κ2) is 4.83. The van der Waals surface area contributed by atoms with Crippen LogP contribution in [-0.2, 0) is 0 Å². The molecule has 0 amide bonds. The van der Waals surface area contributed by atoms with Gasteiger partial charge in [-0.1, -0.05) is 18.2 Å². The summed E-state index contributed by atoms with van der Waals surface area (Å²) in [6, 6.07) is 9.79. The molecule has 0 aliphatic carbocycles. The summed E-state index contributed by atoms with van der Waals surface area (Å²) in [7, 11) is 1.67. The average Bonchev–Trinajstić information content (AvgIpc) is 2.75. The highest BCUT2D eigenvalue weighted by Crippen LogP contribution is 2.35. The van der Waals surface area contributed by atoms with Gasteiger partial charge in [-0.15, -0.1) is 12.6 Å². The van der Waals surface area contributed by atoms with Crippen LogP contribution in [0.3, 0.4) is 0 Å². The van der Waals surface area contributed by atoms with Crippen LogP contribution in [0.25, 0.3) is 16.8 Å². The van der Waals surface area contributed by atoms with E-state index in [1.54, 1.807) is 11.6 Å². The maximum absolute atomic E-state index is 5.45. The Kier molecular flexibility index (Phi) is 3.14. The summed E-state index contributed by atoms with van der Waals surface area (Å²) in [6.45, 7) is 3.92. The number of hydrogen-bond donors (Lipinski definition) is 1. The predicted molar refractivity (Wildman–Crippen MR) is 81.7 cm³/mol. The van der Waals surface area contributed by atoms with Crippen LogP contribution in [0, 0.1) is 13.8 Å². The van der Waals surface area contributed by atoms with Gasteiger partial charge in [-0.2, -0.15) is 5.10 Å². The monoisotopic (exact) mass is 285 g/mol. The minimum atomic E-state index is 0.775. The van der Waals surface area contributed by atoms with Crippen molar-refractivity contribution in [3.05, 3.63) is 41.7 Å². The van der Waals surface area contributed by atoms with Gasteiger partial charge < -0.3 is 4.74 Å². The Bertz CT molecular complexity index is 795. The molecule has 0 atom stereocenters. The Morgan fingerprint density at radius 1 is 1.20 bits per heavy atom. The molecule has 2 heterocycles. The van der Waals surface area contributed by atoms with Gasteiger partial charge in [0.15, 0.2) is 5.65 Å². The van der Waals surface area contributed by atoms with E-state index in [9.17, 15) is 0 Å². The first-order chi connectivity index (χ1) is 9.61. The van der Waals surface area contributed by atoms with Crippen molar-refractivity contribution in [3.63, 3.8) is 0 Å². The molecule has 0 saturated carbocycles. The fourth-order valence-corrected chi connectivity index (χ4v) is 2.72. The van der Waals surface area contributed by atoms with Crippen molar-refractivity contribution in [2.45, 2.75) is 18.9 Å². The maximum Gasteiger partial charge on any atom is 0.164 e. The van der Waals surface area contributed by atoms with Crippen molar-refractivity contribution in [3.8, 4) is 16.9 Å². The highest BCUT2D eigenvalue weighted by molar-refractivity contribution is 7.80. The zero-order chi connectivity index (χ0) is 14.3. The summed E-state index contributed by atoms with van der Waals surface area (Å²) in [5.74, 6) is 0.814. The molecule has 2 aromatic heterocycles. The van der Waals surface area contributed by atoms with Crippen LogP contribution in [0.1, 0.15) is 11.4 Å². The molecular weight excluding hydrogens is 270 g/mol. The molecule has 20 heavy (non-hydrogen) atoms. The van der Waals surface area contributed by atoms with Gasteiger partial charge in [0.1, 0.15) is 5.75 Å². The fraction of sp³-hybridized carbons (Fsp3) is 0.200. The molecule has 0 spiro atoms. The molecule has 1 aromatic carbocycles. The standard InChI is InChI=1S/C15H15N3OS/c1-9-8-13(20)18-15(16-9)14(10(2)17-18)11-6-4-5-7-12(11)19-3/h4-8,20H,1-3H3. The van der Waals surface area contributed by atoms with Gasteiger partial charge in [-0.3, -0.25) is 0 Å². The summed E-state index contributed by atoms with van der Waals surface area (Å²) in [6.07, 6.45) is 0. The first kappa shape index (κ1) is 13.0. The van der Waals surface area contributed by atoms with Crippen molar-refractivity contribution < 1.29 is 4.74 Å². The Balaban J connectivity index is 2.39. The number of aromatic nitrogens is 3. The first-order valence-corrected chi connectivity index (χ1v) is 6.76. The highest BCUT2D eigenvalue weighted by Gasteiger charge is 2.17. The number of benzene rings is 1. The lowest BCUT2D eigenvalue weighted by molar-refractivity contribution is 0.416. The highest BCUT2D eigenvalue weighted by atomic mass is 32.1. The van der Waals surface area contributed by atoms with Gasteiger partial charge in [0, 0.05) is 11.3 Å². The van der Waals surface area contributed by atoms with Gasteiger partial charge in [-0.25, -0.2) is 9.50 Å². The molecule has 0 saturated heterocycles. The third-order valence-electron chi connectivity index (χ3n) is 3.25. The van der Waals surface area contributed by atoms with E-state index in [1.807, 2.05) is 44.2 Å². The zero-order valence-electron chi connectivity index (χ0n) is 11.6. The van der Waals surface area contributed by atoms with Crippen LogP contribution in [-0.4, -0.2) is 21.7 Å². The Morgan fingerprint density at radius 3 is 2.70 bits per heavy atom. The van der Waals surface area contributed by atoms with Gasteiger partial charge in [0.2, 0.25) is 0 Å². The van der Waals surface area contributed by atoms with Crippen LogP contribution in [0.5, 0.6) is 5.75 Å². The number of thiol groups is 1. The summed E-state index contributed by atoms with van der Waals surface area (Å²) in [5.41, 5.74) is 4.60. The molecule has 3 aromatic rings. The number of fused-ring (bicyclic) bond motifs is 1. The largest absolute Gasteiger partial charge is 0.496 e. The van der Waals surface area contributed by atoms with Crippen LogP contribution in [0.15, 0.2) is 35.4 Å². The van der Waals surface area contributed by atoms with Crippen molar-refractivity contribution >= 4 is 18.3 Å². The summed E-state index contributed by atoms with van der Waals surface area (Å²) >= 11 is 4.47. The number of aryl methyl sites for hydroxylation is 2. The summed E-state index contributed by atoms with van der Waals surface area (Å²) in [4.78, 5) is 4.61. The second-order valence-corrected chi connectivity index (χ2v) is 5.11. The van der Waals surface area contributed by atoms with E-state index in [0.29, 0.717) is 0 Å². The van der Waals surface area contributed by atoms with Crippen molar-refractivity contribution in [1.29, 1.82) is 0 Å². The average molecular weight is 285 g/mol. The quantitative estimate of drug-likeness (QED) is 0.580. The molecule has 0 radical (unpaired) electrons. The number of methoxy groups -OCH3 is 1. The van der Waals surface area contributed by atoms with Gasteiger partial charge in [0.25, 0.3) is 0 Å². The second-order valence-electron chi connectivity index (χ2n) is 4.65. The first-order valence-electron chi connectivity index (χ1n) is 6.31. The van der Waals surface area contributed by atoms with Gasteiger partial charge in [0.05, 0.1) is 23.4 Å². The lowest BCUT2D eigenvalue weighted by Gasteiger charge is -2.08. The van der Waals surface area contributed by atoms with E-state index >= 15 is 0 Å². The Labute approximate surface area is 122 Å². The molecule has 0 unspecified atom stereocenters. The molecule has 3 rings (SSSR count). The number of ether oxygens (including phenoxy) is 1. The molecule has 0 N–H and O–H groups in total. The van der Waals surface area contributed by atoms with Crippen LogP contribution >= 0.6 is 12.6 Å². The van der Waals surface area contributed by atoms with Crippen LogP contribution < -0.4 is 4.74 Å². The molecule has 0 fully saturated rings. The zero-order valence-corrected chi connectivity index (χ0v) is 12.5. The molecular formula is C15H15N3OS. The Morgan fingerprint density at radius 2 is 1.95 bits per heavy atom. The van der Waals surface area contributed by atoms with E-state index < -0.39 is 0 Å². The maximum atomic E-state index is 5.45. The number of nitrogens with zero attached hydrogens (tertiary/aromatic N) is 3. The lowest BCUT2D eigenvalue weighted by atomic mass is 10.1. The smallest absolute Gasteiger partial charge is 0.164 e. The van der Waals surface area contributed by atoms with Crippen LogP contribution in [0.2, 0.25) is 0 Å². The lowest BCUT2D eigenvalue weighted by Crippen LogP contribution is -1.95. The number of hydrogen-bond acceptors (Lipinski definition) is 4. The number of rotatable bonds is 2. The molecule has 0 bridgehead atoms. The minimum absolute atomic E-state index is 0.775. The SMILES string of the molecule is COc1ccccc1-c1c(C)nn2c(S)cc(C)nc12. The van der Waals surface area contributed by atoms with Crippen LogP contribution in [0.4, 0.5) is 0 Å². The normalized spacial score (nSPS) is 11.0.